The van der Waals surface area contributed by atoms with Gasteiger partial charge in [0.2, 0.25) is 0 Å². The largest absolute Gasteiger partial charge is 0.378 e. The number of piperidine rings is 1. The fourth-order valence-corrected chi connectivity index (χ4v) is 3.84. The first-order valence-electron chi connectivity index (χ1n) is 9.57. The molecule has 0 amide bonds. The fraction of sp³-hybridized carbons (Fsp3) is 0.500. The number of para-hydroxylation sites is 1. The SMILES string of the molecule is c1cnnc(N2CCCC(NCc3ccccc3N3CCOCC3)C2)c1. The Labute approximate surface area is 155 Å². The number of morpholine rings is 1. The summed E-state index contributed by atoms with van der Waals surface area (Å²) in [5.74, 6) is 0.979. The third-order valence-corrected chi connectivity index (χ3v) is 5.23. The van der Waals surface area contributed by atoms with Gasteiger partial charge in [-0.3, -0.25) is 0 Å². The molecule has 0 bridgehead atoms. The van der Waals surface area contributed by atoms with Crippen molar-refractivity contribution in [3.05, 3.63) is 48.2 Å². The first kappa shape index (κ1) is 17.2. The summed E-state index contributed by atoms with van der Waals surface area (Å²) in [7, 11) is 0. The van der Waals surface area contributed by atoms with E-state index in [1.54, 1.807) is 6.20 Å². The zero-order chi connectivity index (χ0) is 17.6. The van der Waals surface area contributed by atoms with Crippen LogP contribution < -0.4 is 15.1 Å². The molecule has 2 aliphatic rings. The van der Waals surface area contributed by atoms with Gasteiger partial charge < -0.3 is 19.9 Å². The van der Waals surface area contributed by atoms with E-state index in [0.29, 0.717) is 6.04 Å². The molecule has 1 unspecified atom stereocenters. The van der Waals surface area contributed by atoms with Crippen molar-refractivity contribution in [1.29, 1.82) is 0 Å². The van der Waals surface area contributed by atoms with E-state index < -0.39 is 0 Å². The van der Waals surface area contributed by atoms with Gasteiger partial charge in [-0.05, 0) is 36.6 Å². The van der Waals surface area contributed by atoms with E-state index in [1.807, 2.05) is 12.1 Å². The summed E-state index contributed by atoms with van der Waals surface area (Å²) in [5.41, 5.74) is 2.70. The first-order valence-corrected chi connectivity index (χ1v) is 9.57. The number of anilines is 2. The predicted octanol–water partition coefficient (Wildman–Crippen LogP) is 2.07. The predicted molar refractivity (Wildman–Crippen MR) is 104 cm³/mol. The number of benzene rings is 1. The van der Waals surface area contributed by atoms with Gasteiger partial charge >= 0.3 is 0 Å². The minimum Gasteiger partial charge on any atom is -0.378 e. The second-order valence-electron chi connectivity index (χ2n) is 6.98. The lowest BCUT2D eigenvalue weighted by molar-refractivity contribution is 0.122. The van der Waals surface area contributed by atoms with Crippen LogP contribution in [-0.2, 0) is 11.3 Å². The van der Waals surface area contributed by atoms with Crippen molar-refractivity contribution in [1.82, 2.24) is 15.5 Å². The molecule has 6 heteroatoms. The molecule has 26 heavy (non-hydrogen) atoms. The summed E-state index contributed by atoms with van der Waals surface area (Å²) in [5, 5.41) is 12.0. The number of rotatable bonds is 5. The van der Waals surface area contributed by atoms with Crippen molar-refractivity contribution < 1.29 is 4.74 Å². The molecular weight excluding hydrogens is 326 g/mol. The number of hydrogen-bond donors (Lipinski definition) is 1. The van der Waals surface area contributed by atoms with E-state index >= 15 is 0 Å². The van der Waals surface area contributed by atoms with Crippen molar-refractivity contribution in [3.63, 3.8) is 0 Å². The second-order valence-corrected chi connectivity index (χ2v) is 6.98. The number of ether oxygens (including phenoxy) is 1. The fourth-order valence-electron chi connectivity index (χ4n) is 3.84. The lowest BCUT2D eigenvalue weighted by atomic mass is 10.0. The molecule has 0 aliphatic carbocycles. The smallest absolute Gasteiger partial charge is 0.151 e. The highest BCUT2D eigenvalue weighted by Crippen LogP contribution is 2.22. The second kappa shape index (κ2) is 8.47. The quantitative estimate of drug-likeness (QED) is 0.888. The monoisotopic (exact) mass is 353 g/mol. The maximum atomic E-state index is 5.50. The summed E-state index contributed by atoms with van der Waals surface area (Å²) >= 11 is 0. The van der Waals surface area contributed by atoms with Crippen LogP contribution in [0.15, 0.2) is 42.6 Å². The lowest BCUT2D eigenvalue weighted by Crippen LogP contribution is -2.46. The summed E-state index contributed by atoms with van der Waals surface area (Å²) in [6.07, 6.45) is 4.11. The minimum atomic E-state index is 0.475. The molecule has 138 valence electrons. The molecule has 2 aliphatic heterocycles. The molecule has 0 saturated carbocycles. The summed E-state index contributed by atoms with van der Waals surface area (Å²) in [6.45, 7) is 6.52. The van der Waals surface area contributed by atoms with Gasteiger partial charge in [-0.2, -0.15) is 5.10 Å². The molecule has 2 aromatic rings. The number of aromatic nitrogens is 2. The van der Waals surface area contributed by atoms with Gasteiger partial charge in [0.25, 0.3) is 0 Å². The lowest BCUT2D eigenvalue weighted by Gasteiger charge is -2.34. The van der Waals surface area contributed by atoms with Crippen molar-refractivity contribution in [2.75, 3.05) is 49.2 Å². The van der Waals surface area contributed by atoms with Crippen LogP contribution in [0.4, 0.5) is 11.5 Å². The highest BCUT2D eigenvalue weighted by atomic mass is 16.5. The molecule has 3 heterocycles. The van der Waals surface area contributed by atoms with E-state index in [0.717, 1.165) is 51.8 Å². The van der Waals surface area contributed by atoms with Crippen LogP contribution >= 0.6 is 0 Å². The van der Waals surface area contributed by atoms with Gasteiger partial charge in [-0.25, -0.2) is 0 Å². The van der Waals surface area contributed by atoms with E-state index in [4.69, 9.17) is 4.74 Å². The van der Waals surface area contributed by atoms with Gasteiger partial charge in [-0.1, -0.05) is 18.2 Å². The molecule has 1 aromatic carbocycles. The van der Waals surface area contributed by atoms with Gasteiger partial charge in [0.1, 0.15) is 0 Å². The van der Waals surface area contributed by atoms with E-state index in [1.165, 1.54) is 24.1 Å². The van der Waals surface area contributed by atoms with Gasteiger partial charge in [0.15, 0.2) is 5.82 Å². The van der Waals surface area contributed by atoms with Crippen molar-refractivity contribution in [2.45, 2.75) is 25.4 Å². The number of hydrogen-bond acceptors (Lipinski definition) is 6. The maximum Gasteiger partial charge on any atom is 0.151 e. The molecule has 1 aromatic heterocycles. The Morgan fingerprint density at radius 1 is 1.04 bits per heavy atom. The van der Waals surface area contributed by atoms with Crippen LogP contribution in [0.1, 0.15) is 18.4 Å². The summed E-state index contributed by atoms with van der Waals surface area (Å²) in [4.78, 5) is 4.77. The van der Waals surface area contributed by atoms with Gasteiger partial charge in [-0.15, -0.1) is 5.10 Å². The zero-order valence-electron chi connectivity index (χ0n) is 15.2. The van der Waals surface area contributed by atoms with Crippen LogP contribution in [0, 0.1) is 0 Å². The van der Waals surface area contributed by atoms with Crippen molar-refractivity contribution in [2.24, 2.45) is 0 Å². The van der Waals surface area contributed by atoms with Gasteiger partial charge in [0, 0.05) is 50.6 Å². The molecule has 2 fully saturated rings. The topological polar surface area (TPSA) is 53.5 Å². The maximum absolute atomic E-state index is 5.50. The Bertz CT molecular complexity index is 690. The van der Waals surface area contributed by atoms with E-state index in [-0.39, 0.29) is 0 Å². The highest BCUT2D eigenvalue weighted by Gasteiger charge is 2.21. The van der Waals surface area contributed by atoms with Crippen LogP contribution in [0.2, 0.25) is 0 Å². The molecule has 0 radical (unpaired) electrons. The molecule has 6 nitrogen and oxygen atoms in total. The average molecular weight is 353 g/mol. The number of nitrogens with zero attached hydrogens (tertiary/aromatic N) is 4. The highest BCUT2D eigenvalue weighted by molar-refractivity contribution is 5.54. The Morgan fingerprint density at radius 3 is 2.77 bits per heavy atom. The zero-order valence-corrected chi connectivity index (χ0v) is 15.2. The third kappa shape index (κ3) is 4.14. The van der Waals surface area contributed by atoms with Crippen LogP contribution in [-0.4, -0.2) is 55.6 Å². The van der Waals surface area contributed by atoms with E-state index in [9.17, 15) is 0 Å². The summed E-state index contributed by atoms with van der Waals surface area (Å²) < 4.78 is 5.50. The first-order chi connectivity index (χ1) is 12.9. The number of nitrogens with one attached hydrogen (secondary N) is 1. The Kier molecular flexibility index (Phi) is 5.62. The molecular formula is C20H27N5O. The van der Waals surface area contributed by atoms with Crippen LogP contribution in [0.25, 0.3) is 0 Å². The Hall–Kier alpha value is -2.18. The third-order valence-electron chi connectivity index (χ3n) is 5.23. The molecule has 4 rings (SSSR count). The van der Waals surface area contributed by atoms with Crippen molar-refractivity contribution in [3.8, 4) is 0 Å². The Morgan fingerprint density at radius 2 is 1.92 bits per heavy atom. The van der Waals surface area contributed by atoms with Crippen LogP contribution in [0.3, 0.4) is 0 Å². The van der Waals surface area contributed by atoms with Crippen LogP contribution in [0.5, 0.6) is 0 Å². The standard InChI is InChI=1S/C20H27N5O/c1-2-7-19(24-11-13-26-14-12-24)17(5-1)15-21-18-6-4-10-25(16-18)20-8-3-9-22-23-20/h1-3,5,7-9,18,21H,4,6,10-16H2. The Balaban J connectivity index is 1.38. The normalized spacial score (nSPS) is 21.0. The summed E-state index contributed by atoms with van der Waals surface area (Å²) in [6, 6.07) is 13.2. The molecule has 1 N–H and O–H groups in total. The minimum absolute atomic E-state index is 0.475. The van der Waals surface area contributed by atoms with E-state index in [2.05, 4.69) is 49.6 Å². The average Bonchev–Trinajstić information content (AvgIpc) is 2.74. The van der Waals surface area contributed by atoms with Gasteiger partial charge in [0.05, 0.1) is 13.2 Å². The molecule has 0 spiro atoms. The molecule has 1 atom stereocenters. The molecule has 2 saturated heterocycles. The van der Waals surface area contributed by atoms with Crippen molar-refractivity contribution >= 4 is 11.5 Å².